The van der Waals surface area contributed by atoms with Crippen molar-refractivity contribution in [3.05, 3.63) is 35.4 Å². The number of rotatable bonds is 4. The van der Waals surface area contributed by atoms with Gasteiger partial charge in [0.05, 0.1) is 5.41 Å². The second-order valence-electron chi connectivity index (χ2n) is 9.28. The molecule has 0 aliphatic rings. The number of hydrogen-bond acceptors (Lipinski definition) is 2. The molecule has 1 rings (SSSR count). The van der Waals surface area contributed by atoms with E-state index >= 15 is 0 Å². The van der Waals surface area contributed by atoms with Crippen LogP contribution in [0.3, 0.4) is 0 Å². The van der Waals surface area contributed by atoms with Crippen molar-refractivity contribution >= 4 is 5.97 Å². The molecule has 0 saturated carbocycles. The first kappa shape index (κ1) is 19.7. The van der Waals surface area contributed by atoms with Crippen LogP contribution in [0.1, 0.15) is 79.0 Å². The lowest BCUT2D eigenvalue weighted by molar-refractivity contribution is -0.170. The topological polar surface area (TPSA) is 26.3 Å². The Bertz CT molecular complexity index is 528. The Morgan fingerprint density at radius 3 is 1.87 bits per heavy atom. The summed E-state index contributed by atoms with van der Waals surface area (Å²) in [5.41, 5.74) is 1.62. The standard InChI is InChI=1S/C21H34O2/c1-15-10-12-17(13-11-15)16(2)23-18(22)21(9,20(6,7)8)14-19(3,4)5/h10-13,16H,14H2,1-9H3. The maximum Gasteiger partial charge on any atom is 0.312 e. The predicted molar refractivity (Wildman–Crippen MR) is 97.3 cm³/mol. The maximum absolute atomic E-state index is 13.0. The number of carbonyl (C=O) groups excluding carboxylic acids is 1. The van der Waals surface area contributed by atoms with E-state index in [1.165, 1.54) is 5.56 Å². The second kappa shape index (κ2) is 6.67. The van der Waals surface area contributed by atoms with Gasteiger partial charge in [-0.25, -0.2) is 0 Å². The fourth-order valence-electron chi connectivity index (χ4n) is 2.90. The van der Waals surface area contributed by atoms with Gasteiger partial charge in [0.2, 0.25) is 0 Å². The third kappa shape index (κ3) is 5.09. The molecule has 23 heavy (non-hydrogen) atoms. The summed E-state index contributed by atoms with van der Waals surface area (Å²) in [4.78, 5) is 13.0. The average Bonchev–Trinajstić information content (AvgIpc) is 2.35. The van der Waals surface area contributed by atoms with Crippen LogP contribution < -0.4 is 0 Å². The van der Waals surface area contributed by atoms with Gasteiger partial charge in [-0.3, -0.25) is 4.79 Å². The summed E-state index contributed by atoms with van der Waals surface area (Å²) in [6.45, 7) is 18.9. The van der Waals surface area contributed by atoms with E-state index in [0.29, 0.717) is 0 Å². The summed E-state index contributed by atoms with van der Waals surface area (Å²) in [6, 6.07) is 8.17. The molecular formula is C21H34O2. The molecule has 1 aromatic rings. The van der Waals surface area contributed by atoms with E-state index in [1.807, 2.05) is 26.0 Å². The molecule has 2 nitrogen and oxygen atoms in total. The van der Waals surface area contributed by atoms with E-state index in [9.17, 15) is 4.79 Å². The zero-order chi connectivity index (χ0) is 18.1. The van der Waals surface area contributed by atoms with Crippen molar-refractivity contribution in [2.75, 3.05) is 0 Å². The molecule has 0 aromatic heterocycles. The van der Waals surface area contributed by atoms with E-state index in [0.717, 1.165) is 12.0 Å². The van der Waals surface area contributed by atoms with Gasteiger partial charge < -0.3 is 4.74 Å². The van der Waals surface area contributed by atoms with Gasteiger partial charge in [0.1, 0.15) is 6.10 Å². The molecule has 0 heterocycles. The van der Waals surface area contributed by atoms with Crippen molar-refractivity contribution in [3.8, 4) is 0 Å². The van der Waals surface area contributed by atoms with Crippen LogP contribution in [0.5, 0.6) is 0 Å². The van der Waals surface area contributed by atoms with Crippen LogP contribution >= 0.6 is 0 Å². The van der Waals surface area contributed by atoms with Crippen molar-refractivity contribution < 1.29 is 9.53 Å². The number of hydrogen-bond donors (Lipinski definition) is 0. The highest BCUT2D eigenvalue weighted by molar-refractivity contribution is 5.77. The zero-order valence-corrected chi connectivity index (χ0v) is 16.4. The summed E-state index contributed by atoms with van der Waals surface area (Å²) in [5.74, 6) is -0.104. The monoisotopic (exact) mass is 318 g/mol. The molecule has 0 N–H and O–H groups in total. The zero-order valence-electron chi connectivity index (χ0n) is 16.4. The average molecular weight is 319 g/mol. The molecule has 2 atom stereocenters. The molecule has 0 fully saturated rings. The van der Waals surface area contributed by atoms with Gasteiger partial charge in [-0.1, -0.05) is 71.4 Å². The fraction of sp³-hybridized carbons (Fsp3) is 0.667. The van der Waals surface area contributed by atoms with Crippen molar-refractivity contribution in [2.24, 2.45) is 16.2 Å². The van der Waals surface area contributed by atoms with Crippen LogP contribution in [0, 0.1) is 23.2 Å². The Morgan fingerprint density at radius 2 is 1.48 bits per heavy atom. The van der Waals surface area contributed by atoms with Crippen LogP contribution in [0.15, 0.2) is 24.3 Å². The van der Waals surface area contributed by atoms with E-state index in [-0.39, 0.29) is 22.9 Å². The minimum atomic E-state index is -0.524. The number of ether oxygens (including phenoxy) is 1. The van der Waals surface area contributed by atoms with Crippen LogP contribution in [0.4, 0.5) is 0 Å². The van der Waals surface area contributed by atoms with Gasteiger partial charge >= 0.3 is 5.97 Å². The Balaban J connectivity index is 3.00. The first-order chi connectivity index (χ1) is 10.3. The summed E-state index contributed by atoms with van der Waals surface area (Å²) >= 11 is 0. The van der Waals surface area contributed by atoms with Gasteiger partial charge in [-0.2, -0.15) is 0 Å². The van der Waals surface area contributed by atoms with E-state index in [2.05, 4.69) is 60.6 Å². The SMILES string of the molecule is Cc1ccc(C(C)OC(=O)C(C)(CC(C)(C)C)C(C)(C)C)cc1. The Kier molecular flexibility index (Phi) is 5.72. The molecule has 0 saturated heterocycles. The maximum atomic E-state index is 13.0. The lowest BCUT2D eigenvalue weighted by Crippen LogP contribution is -2.44. The molecule has 0 radical (unpaired) electrons. The lowest BCUT2D eigenvalue weighted by Gasteiger charge is -2.43. The molecule has 130 valence electrons. The molecule has 2 heteroatoms. The van der Waals surface area contributed by atoms with E-state index in [1.54, 1.807) is 0 Å². The van der Waals surface area contributed by atoms with Crippen molar-refractivity contribution in [1.82, 2.24) is 0 Å². The van der Waals surface area contributed by atoms with Gasteiger partial charge in [0, 0.05) is 0 Å². The summed E-state index contributed by atoms with van der Waals surface area (Å²) < 4.78 is 5.87. The van der Waals surface area contributed by atoms with Gasteiger partial charge in [-0.05, 0) is 43.6 Å². The fourth-order valence-corrected chi connectivity index (χ4v) is 2.90. The molecule has 2 unspecified atom stereocenters. The number of aryl methyl sites for hydroxylation is 1. The van der Waals surface area contributed by atoms with Gasteiger partial charge in [-0.15, -0.1) is 0 Å². The van der Waals surface area contributed by atoms with Crippen molar-refractivity contribution in [2.45, 2.75) is 74.8 Å². The second-order valence-corrected chi connectivity index (χ2v) is 9.28. The van der Waals surface area contributed by atoms with Crippen LogP contribution in [-0.4, -0.2) is 5.97 Å². The van der Waals surface area contributed by atoms with Crippen LogP contribution in [0.25, 0.3) is 0 Å². The van der Waals surface area contributed by atoms with Crippen molar-refractivity contribution in [3.63, 3.8) is 0 Å². The Labute approximate surface area is 142 Å². The molecule has 0 aliphatic carbocycles. The molecule has 0 bridgehead atoms. The molecule has 0 amide bonds. The van der Waals surface area contributed by atoms with E-state index in [4.69, 9.17) is 4.74 Å². The molecule has 0 spiro atoms. The largest absolute Gasteiger partial charge is 0.457 e. The minimum Gasteiger partial charge on any atom is -0.457 e. The normalized spacial score (nSPS) is 16.6. The molecular weight excluding hydrogens is 284 g/mol. The van der Waals surface area contributed by atoms with Crippen LogP contribution in [0.2, 0.25) is 0 Å². The van der Waals surface area contributed by atoms with Gasteiger partial charge in [0.25, 0.3) is 0 Å². The molecule has 1 aromatic carbocycles. The van der Waals surface area contributed by atoms with Crippen molar-refractivity contribution in [1.29, 1.82) is 0 Å². The summed E-state index contributed by atoms with van der Waals surface area (Å²) in [6.07, 6.45) is 0.563. The predicted octanol–water partition coefficient (Wildman–Crippen LogP) is 6.09. The first-order valence-electron chi connectivity index (χ1n) is 8.54. The van der Waals surface area contributed by atoms with E-state index < -0.39 is 5.41 Å². The van der Waals surface area contributed by atoms with Crippen LogP contribution in [-0.2, 0) is 9.53 Å². The quantitative estimate of drug-likeness (QED) is 0.628. The summed E-state index contributed by atoms with van der Waals surface area (Å²) in [7, 11) is 0. The highest BCUT2D eigenvalue weighted by Gasteiger charge is 2.48. The third-order valence-electron chi connectivity index (χ3n) is 4.82. The number of esters is 1. The minimum absolute atomic E-state index is 0.0636. The highest BCUT2D eigenvalue weighted by atomic mass is 16.5. The molecule has 0 aliphatic heterocycles. The smallest absolute Gasteiger partial charge is 0.312 e. The number of carbonyl (C=O) groups is 1. The Hall–Kier alpha value is -1.31. The third-order valence-corrected chi connectivity index (χ3v) is 4.82. The van der Waals surface area contributed by atoms with Gasteiger partial charge in [0.15, 0.2) is 0 Å². The highest BCUT2D eigenvalue weighted by Crippen LogP contribution is 2.48. The Morgan fingerprint density at radius 1 is 1.00 bits per heavy atom. The summed E-state index contributed by atoms with van der Waals surface area (Å²) in [5, 5.41) is 0. The first-order valence-corrected chi connectivity index (χ1v) is 8.54. The lowest BCUT2D eigenvalue weighted by atomic mass is 9.61. The number of benzene rings is 1.